The van der Waals surface area contributed by atoms with E-state index in [9.17, 15) is 0 Å². The van der Waals surface area contributed by atoms with Crippen molar-refractivity contribution in [1.29, 1.82) is 0 Å². The molecule has 90 valence electrons. The number of hydrogen-bond acceptors (Lipinski definition) is 4. The third-order valence-electron chi connectivity index (χ3n) is 2.50. The SMILES string of the molecule is Cc1cc(N)nc(Cn2nc(C)c(Br)c2C)n1. The fourth-order valence-electron chi connectivity index (χ4n) is 1.69. The van der Waals surface area contributed by atoms with Gasteiger partial charge in [-0.05, 0) is 36.7 Å². The molecule has 2 rings (SSSR count). The molecule has 2 aromatic rings. The van der Waals surface area contributed by atoms with Gasteiger partial charge in [0.15, 0.2) is 5.82 Å². The van der Waals surface area contributed by atoms with Gasteiger partial charge < -0.3 is 5.73 Å². The molecule has 0 atom stereocenters. The standard InChI is InChI=1S/C11H14BrN5/c1-6-4-9(13)15-10(14-6)5-17-8(3)11(12)7(2)16-17/h4H,5H2,1-3H3,(H2,13,14,15). The first-order valence-electron chi connectivity index (χ1n) is 5.27. The van der Waals surface area contributed by atoms with Crippen molar-refractivity contribution >= 4 is 21.7 Å². The van der Waals surface area contributed by atoms with Crippen molar-refractivity contribution in [2.24, 2.45) is 0 Å². The number of anilines is 1. The second kappa shape index (κ2) is 4.44. The van der Waals surface area contributed by atoms with E-state index in [0.29, 0.717) is 18.2 Å². The molecular weight excluding hydrogens is 282 g/mol. The number of hydrogen-bond donors (Lipinski definition) is 1. The summed E-state index contributed by atoms with van der Waals surface area (Å²) >= 11 is 3.49. The second-order valence-corrected chi connectivity index (χ2v) is 4.79. The van der Waals surface area contributed by atoms with Gasteiger partial charge in [0.2, 0.25) is 0 Å². The Morgan fingerprint density at radius 1 is 1.29 bits per heavy atom. The van der Waals surface area contributed by atoms with Crippen LogP contribution in [0.2, 0.25) is 0 Å². The minimum Gasteiger partial charge on any atom is -0.384 e. The first-order valence-corrected chi connectivity index (χ1v) is 6.06. The lowest BCUT2D eigenvalue weighted by Crippen LogP contribution is -2.09. The van der Waals surface area contributed by atoms with Gasteiger partial charge in [0.05, 0.1) is 15.9 Å². The first-order chi connectivity index (χ1) is 7.97. The summed E-state index contributed by atoms with van der Waals surface area (Å²) in [6, 6.07) is 1.75. The fraction of sp³-hybridized carbons (Fsp3) is 0.364. The molecule has 0 fully saturated rings. The number of nitrogen functional groups attached to an aromatic ring is 1. The fourth-order valence-corrected chi connectivity index (χ4v) is 1.97. The average molecular weight is 296 g/mol. The van der Waals surface area contributed by atoms with E-state index >= 15 is 0 Å². The molecular formula is C11H14BrN5. The molecule has 2 heterocycles. The number of rotatable bonds is 2. The van der Waals surface area contributed by atoms with Gasteiger partial charge in [0.1, 0.15) is 12.4 Å². The Labute approximate surface area is 108 Å². The van der Waals surface area contributed by atoms with Crippen LogP contribution in [0.25, 0.3) is 0 Å². The van der Waals surface area contributed by atoms with E-state index in [1.54, 1.807) is 6.07 Å². The second-order valence-electron chi connectivity index (χ2n) is 3.99. The highest BCUT2D eigenvalue weighted by Crippen LogP contribution is 2.20. The molecule has 17 heavy (non-hydrogen) atoms. The third-order valence-corrected chi connectivity index (χ3v) is 3.65. The minimum atomic E-state index is 0.494. The van der Waals surface area contributed by atoms with Crippen molar-refractivity contribution in [3.05, 3.63) is 33.4 Å². The highest BCUT2D eigenvalue weighted by molar-refractivity contribution is 9.10. The predicted octanol–water partition coefficient (Wildman–Crippen LogP) is 1.99. The summed E-state index contributed by atoms with van der Waals surface area (Å²) in [6.07, 6.45) is 0. The summed E-state index contributed by atoms with van der Waals surface area (Å²) < 4.78 is 2.89. The summed E-state index contributed by atoms with van der Waals surface area (Å²) in [5, 5.41) is 4.41. The number of aromatic nitrogens is 4. The van der Waals surface area contributed by atoms with Crippen molar-refractivity contribution in [1.82, 2.24) is 19.7 Å². The van der Waals surface area contributed by atoms with E-state index in [-0.39, 0.29) is 0 Å². The summed E-state index contributed by atoms with van der Waals surface area (Å²) in [5.41, 5.74) is 8.59. The zero-order valence-electron chi connectivity index (χ0n) is 10.0. The molecule has 0 saturated heterocycles. The molecule has 0 radical (unpaired) electrons. The summed E-state index contributed by atoms with van der Waals surface area (Å²) in [7, 11) is 0. The molecule has 0 aliphatic carbocycles. The lowest BCUT2D eigenvalue weighted by molar-refractivity contribution is 0.630. The van der Waals surface area contributed by atoms with Crippen LogP contribution < -0.4 is 5.73 Å². The minimum absolute atomic E-state index is 0.494. The Kier molecular flexibility index (Phi) is 3.15. The number of nitrogens with zero attached hydrogens (tertiary/aromatic N) is 4. The van der Waals surface area contributed by atoms with Gasteiger partial charge in [0.25, 0.3) is 0 Å². The zero-order valence-corrected chi connectivity index (χ0v) is 11.6. The maximum Gasteiger partial charge on any atom is 0.152 e. The highest BCUT2D eigenvalue weighted by Gasteiger charge is 2.10. The van der Waals surface area contributed by atoms with Gasteiger partial charge in [-0.3, -0.25) is 4.68 Å². The maximum absolute atomic E-state index is 5.70. The Morgan fingerprint density at radius 3 is 2.53 bits per heavy atom. The van der Waals surface area contributed by atoms with E-state index in [1.165, 1.54) is 0 Å². The molecule has 0 aliphatic heterocycles. The molecule has 6 heteroatoms. The van der Waals surface area contributed by atoms with Crippen LogP contribution in [0, 0.1) is 20.8 Å². The van der Waals surface area contributed by atoms with Gasteiger partial charge in [0, 0.05) is 11.8 Å². The lowest BCUT2D eigenvalue weighted by atomic mass is 10.4. The largest absolute Gasteiger partial charge is 0.384 e. The van der Waals surface area contributed by atoms with Gasteiger partial charge in [-0.25, -0.2) is 9.97 Å². The number of nitrogens with two attached hydrogens (primary N) is 1. The van der Waals surface area contributed by atoms with Crippen LogP contribution in [-0.2, 0) is 6.54 Å². The van der Waals surface area contributed by atoms with Gasteiger partial charge in [-0.15, -0.1) is 0 Å². The van der Waals surface area contributed by atoms with E-state index in [1.807, 2.05) is 25.5 Å². The summed E-state index contributed by atoms with van der Waals surface area (Å²) in [4.78, 5) is 8.54. The number of aryl methyl sites for hydroxylation is 2. The van der Waals surface area contributed by atoms with E-state index < -0.39 is 0 Å². The topological polar surface area (TPSA) is 69.6 Å². The molecule has 0 aliphatic rings. The molecule has 0 aromatic carbocycles. The average Bonchev–Trinajstić information content (AvgIpc) is 2.45. The van der Waals surface area contributed by atoms with Crippen molar-refractivity contribution in [2.75, 3.05) is 5.73 Å². The van der Waals surface area contributed by atoms with E-state index in [4.69, 9.17) is 5.73 Å². The Hall–Kier alpha value is -1.43. The highest BCUT2D eigenvalue weighted by atomic mass is 79.9. The van der Waals surface area contributed by atoms with Crippen LogP contribution in [0.15, 0.2) is 10.5 Å². The van der Waals surface area contributed by atoms with Crippen LogP contribution >= 0.6 is 15.9 Å². The van der Waals surface area contributed by atoms with Crippen LogP contribution in [0.1, 0.15) is 22.9 Å². The quantitative estimate of drug-likeness (QED) is 0.920. The smallest absolute Gasteiger partial charge is 0.152 e. The van der Waals surface area contributed by atoms with Crippen molar-refractivity contribution in [3.63, 3.8) is 0 Å². The lowest BCUT2D eigenvalue weighted by Gasteiger charge is -2.05. The van der Waals surface area contributed by atoms with Gasteiger partial charge >= 0.3 is 0 Å². The van der Waals surface area contributed by atoms with E-state index in [0.717, 1.165) is 21.6 Å². The monoisotopic (exact) mass is 295 g/mol. The first kappa shape index (κ1) is 12.0. The molecule has 0 unspecified atom stereocenters. The Bertz CT molecular complexity index is 541. The third kappa shape index (κ3) is 2.46. The van der Waals surface area contributed by atoms with Gasteiger partial charge in [-0.1, -0.05) is 0 Å². The normalized spacial score (nSPS) is 10.8. The molecule has 0 bridgehead atoms. The zero-order chi connectivity index (χ0) is 12.6. The van der Waals surface area contributed by atoms with Crippen molar-refractivity contribution in [2.45, 2.75) is 27.3 Å². The van der Waals surface area contributed by atoms with Crippen LogP contribution in [0.5, 0.6) is 0 Å². The van der Waals surface area contributed by atoms with Crippen LogP contribution in [0.3, 0.4) is 0 Å². The predicted molar refractivity (Wildman–Crippen MR) is 69.7 cm³/mol. The number of halogens is 1. The molecule has 5 nitrogen and oxygen atoms in total. The summed E-state index contributed by atoms with van der Waals surface area (Å²) in [5.74, 6) is 1.17. The van der Waals surface area contributed by atoms with Gasteiger partial charge in [-0.2, -0.15) is 5.10 Å². The Morgan fingerprint density at radius 2 is 2.00 bits per heavy atom. The van der Waals surface area contributed by atoms with E-state index in [2.05, 4.69) is 31.0 Å². The molecule has 2 N–H and O–H groups in total. The summed E-state index contributed by atoms with van der Waals surface area (Å²) in [6.45, 7) is 6.39. The molecule has 2 aromatic heterocycles. The maximum atomic E-state index is 5.70. The molecule has 0 spiro atoms. The molecule has 0 saturated carbocycles. The van der Waals surface area contributed by atoms with Crippen molar-refractivity contribution < 1.29 is 0 Å². The molecule has 0 amide bonds. The van der Waals surface area contributed by atoms with Crippen molar-refractivity contribution in [3.8, 4) is 0 Å². The van der Waals surface area contributed by atoms with Crippen LogP contribution in [0.4, 0.5) is 5.82 Å². The Balaban J connectivity index is 2.34. The van der Waals surface area contributed by atoms with Crippen LogP contribution in [-0.4, -0.2) is 19.7 Å².